The molecule has 2 N–H and O–H groups in total. The van der Waals surface area contributed by atoms with E-state index in [-0.39, 0.29) is 6.04 Å². The van der Waals surface area contributed by atoms with Crippen molar-refractivity contribution in [2.24, 2.45) is 5.73 Å². The SMILES string of the molecule is CCOCCC(N)Cc1ccc(C(F)(F)F)cc1. The lowest BCUT2D eigenvalue weighted by molar-refractivity contribution is -0.137. The number of hydrogen-bond acceptors (Lipinski definition) is 2. The minimum atomic E-state index is -4.28. The van der Waals surface area contributed by atoms with Crippen molar-refractivity contribution in [2.45, 2.75) is 32.0 Å². The Labute approximate surface area is 105 Å². The Morgan fingerprint density at radius 3 is 2.33 bits per heavy atom. The number of benzene rings is 1. The zero-order chi connectivity index (χ0) is 13.6. The van der Waals surface area contributed by atoms with Crippen molar-refractivity contribution in [3.63, 3.8) is 0 Å². The average Bonchev–Trinajstić information content (AvgIpc) is 2.29. The molecule has 0 radical (unpaired) electrons. The van der Waals surface area contributed by atoms with Crippen LogP contribution < -0.4 is 5.73 Å². The highest BCUT2D eigenvalue weighted by Crippen LogP contribution is 2.29. The quantitative estimate of drug-likeness (QED) is 0.799. The number of halogens is 3. The van der Waals surface area contributed by atoms with Crippen molar-refractivity contribution in [1.82, 2.24) is 0 Å². The van der Waals surface area contributed by atoms with Crippen LogP contribution in [0.1, 0.15) is 24.5 Å². The van der Waals surface area contributed by atoms with Crippen LogP contribution in [-0.2, 0) is 17.3 Å². The van der Waals surface area contributed by atoms with Crippen LogP contribution in [0.4, 0.5) is 13.2 Å². The van der Waals surface area contributed by atoms with Gasteiger partial charge in [-0.15, -0.1) is 0 Å². The molecule has 1 unspecified atom stereocenters. The second kappa shape index (κ2) is 6.75. The van der Waals surface area contributed by atoms with Gasteiger partial charge < -0.3 is 10.5 Å². The Kier molecular flexibility index (Phi) is 5.62. The van der Waals surface area contributed by atoms with Gasteiger partial charge in [-0.25, -0.2) is 0 Å². The van der Waals surface area contributed by atoms with E-state index in [0.717, 1.165) is 17.7 Å². The number of hydrogen-bond donors (Lipinski definition) is 1. The molecule has 1 atom stereocenters. The topological polar surface area (TPSA) is 35.2 Å². The lowest BCUT2D eigenvalue weighted by atomic mass is 10.0. The molecule has 0 bridgehead atoms. The van der Waals surface area contributed by atoms with Crippen LogP contribution >= 0.6 is 0 Å². The van der Waals surface area contributed by atoms with Gasteiger partial charge in [-0.05, 0) is 37.5 Å². The van der Waals surface area contributed by atoms with Crippen molar-refractivity contribution < 1.29 is 17.9 Å². The highest BCUT2D eigenvalue weighted by Gasteiger charge is 2.29. The minimum Gasteiger partial charge on any atom is -0.382 e. The van der Waals surface area contributed by atoms with Crippen LogP contribution in [-0.4, -0.2) is 19.3 Å². The standard InChI is InChI=1S/C13H18F3NO/c1-2-18-8-7-12(17)9-10-3-5-11(6-4-10)13(14,15)16/h3-6,12H,2,7-9,17H2,1H3. The molecule has 0 aromatic heterocycles. The van der Waals surface area contributed by atoms with Crippen LogP contribution in [0, 0.1) is 0 Å². The molecule has 0 heterocycles. The maximum atomic E-state index is 12.3. The monoisotopic (exact) mass is 261 g/mol. The summed E-state index contributed by atoms with van der Waals surface area (Å²) in [5.41, 5.74) is 6.05. The first-order valence-corrected chi connectivity index (χ1v) is 5.93. The van der Waals surface area contributed by atoms with Gasteiger partial charge in [-0.2, -0.15) is 13.2 Å². The molecular weight excluding hydrogens is 243 g/mol. The predicted octanol–water partition coefficient (Wildman–Crippen LogP) is 3.00. The third-order valence-electron chi connectivity index (χ3n) is 2.62. The molecule has 5 heteroatoms. The summed E-state index contributed by atoms with van der Waals surface area (Å²) in [6, 6.07) is 5.04. The van der Waals surface area contributed by atoms with Gasteiger partial charge in [0.15, 0.2) is 0 Å². The summed E-state index contributed by atoms with van der Waals surface area (Å²) in [7, 11) is 0. The van der Waals surface area contributed by atoms with E-state index in [1.165, 1.54) is 12.1 Å². The first-order chi connectivity index (χ1) is 8.43. The normalized spacial score (nSPS) is 13.6. The van der Waals surface area contributed by atoms with Crippen LogP contribution in [0.5, 0.6) is 0 Å². The molecule has 0 amide bonds. The van der Waals surface area contributed by atoms with Crippen molar-refractivity contribution in [1.29, 1.82) is 0 Å². The number of ether oxygens (including phenoxy) is 1. The van der Waals surface area contributed by atoms with Gasteiger partial charge in [-0.3, -0.25) is 0 Å². The van der Waals surface area contributed by atoms with Crippen LogP contribution in [0.15, 0.2) is 24.3 Å². The smallest absolute Gasteiger partial charge is 0.382 e. The van der Waals surface area contributed by atoms with Gasteiger partial charge in [-0.1, -0.05) is 12.1 Å². The Balaban J connectivity index is 2.48. The van der Waals surface area contributed by atoms with E-state index in [9.17, 15) is 13.2 Å². The van der Waals surface area contributed by atoms with Gasteiger partial charge in [0, 0.05) is 19.3 Å². The maximum absolute atomic E-state index is 12.3. The molecule has 0 aliphatic rings. The molecule has 1 aromatic carbocycles. The molecule has 2 nitrogen and oxygen atoms in total. The fourth-order valence-corrected chi connectivity index (χ4v) is 1.61. The van der Waals surface area contributed by atoms with E-state index < -0.39 is 11.7 Å². The summed E-state index contributed by atoms with van der Waals surface area (Å²) >= 11 is 0. The van der Waals surface area contributed by atoms with Crippen molar-refractivity contribution in [2.75, 3.05) is 13.2 Å². The molecule has 102 valence electrons. The van der Waals surface area contributed by atoms with E-state index in [1.54, 1.807) is 0 Å². The fraction of sp³-hybridized carbons (Fsp3) is 0.538. The Morgan fingerprint density at radius 2 is 1.83 bits per heavy atom. The van der Waals surface area contributed by atoms with Crippen molar-refractivity contribution in [3.8, 4) is 0 Å². The van der Waals surface area contributed by atoms with Gasteiger partial charge in [0.2, 0.25) is 0 Å². The second-order valence-electron chi connectivity index (χ2n) is 4.14. The third-order valence-corrected chi connectivity index (χ3v) is 2.62. The summed E-state index contributed by atoms with van der Waals surface area (Å²) in [5.74, 6) is 0. The number of rotatable bonds is 6. The average molecular weight is 261 g/mol. The maximum Gasteiger partial charge on any atom is 0.416 e. The molecule has 1 rings (SSSR count). The van der Waals surface area contributed by atoms with Gasteiger partial charge >= 0.3 is 6.18 Å². The lowest BCUT2D eigenvalue weighted by Gasteiger charge is -2.12. The predicted molar refractivity (Wildman–Crippen MR) is 64.2 cm³/mol. The summed E-state index contributed by atoms with van der Waals surface area (Å²) in [6.45, 7) is 3.13. The highest BCUT2D eigenvalue weighted by molar-refractivity contribution is 5.25. The van der Waals surface area contributed by atoms with Gasteiger partial charge in [0.05, 0.1) is 5.56 Å². The lowest BCUT2D eigenvalue weighted by Crippen LogP contribution is -2.24. The Morgan fingerprint density at radius 1 is 1.22 bits per heavy atom. The summed E-state index contributed by atoms with van der Waals surface area (Å²) in [4.78, 5) is 0. The van der Waals surface area contributed by atoms with E-state index in [4.69, 9.17) is 10.5 Å². The summed E-state index contributed by atoms with van der Waals surface area (Å²) in [6.07, 6.45) is -3.02. The first kappa shape index (κ1) is 15.0. The zero-order valence-corrected chi connectivity index (χ0v) is 10.3. The van der Waals surface area contributed by atoms with E-state index >= 15 is 0 Å². The van der Waals surface area contributed by atoms with Gasteiger partial charge in [0.1, 0.15) is 0 Å². The summed E-state index contributed by atoms with van der Waals surface area (Å²) in [5, 5.41) is 0. The molecule has 0 fully saturated rings. The van der Waals surface area contributed by atoms with Crippen molar-refractivity contribution >= 4 is 0 Å². The summed E-state index contributed by atoms with van der Waals surface area (Å²) < 4.78 is 42.2. The molecular formula is C13H18F3NO. The Hall–Kier alpha value is -1.07. The molecule has 0 saturated heterocycles. The molecule has 0 aliphatic heterocycles. The van der Waals surface area contributed by atoms with Crippen LogP contribution in [0.3, 0.4) is 0 Å². The van der Waals surface area contributed by atoms with Crippen molar-refractivity contribution in [3.05, 3.63) is 35.4 Å². The Bertz CT molecular complexity index is 348. The van der Waals surface area contributed by atoms with E-state index in [0.29, 0.717) is 26.1 Å². The van der Waals surface area contributed by atoms with Crippen LogP contribution in [0.25, 0.3) is 0 Å². The highest BCUT2D eigenvalue weighted by atomic mass is 19.4. The van der Waals surface area contributed by atoms with E-state index in [1.807, 2.05) is 6.92 Å². The molecule has 0 spiro atoms. The zero-order valence-electron chi connectivity index (χ0n) is 10.3. The minimum absolute atomic E-state index is 0.0895. The largest absolute Gasteiger partial charge is 0.416 e. The number of alkyl halides is 3. The first-order valence-electron chi connectivity index (χ1n) is 5.93. The van der Waals surface area contributed by atoms with Gasteiger partial charge in [0.25, 0.3) is 0 Å². The fourth-order valence-electron chi connectivity index (χ4n) is 1.61. The molecule has 18 heavy (non-hydrogen) atoms. The second-order valence-corrected chi connectivity index (χ2v) is 4.14. The van der Waals surface area contributed by atoms with E-state index in [2.05, 4.69) is 0 Å². The van der Waals surface area contributed by atoms with Crippen LogP contribution in [0.2, 0.25) is 0 Å². The third kappa shape index (κ3) is 5.06. The molecule has 0 aliphatic carbocycles. The number of nitrogens with two attached hydrogens (primary N) is 1. The molecule has 0 saturated carbocycles. The molecule has 1 aromatic rings.